The second-order valence-corrected chi connectivity index (χ2v) is 6.92. The van der Waals surface area contributed by atoms with Crippen LogP contribution in [0, 0.1) is 17.2 Å². The Bertz CT molecular complexity index is 585. The van der Waals surface area contributed by atoms with E-state index in [1.807, 2.05) is 12.1 Å². The van der Waals surface area contributed by atoms with Gasteiger partial charge in [-0.3, -0.25) is 0 Å². The Morgan fingerprint density at radius 1 is 1.53 bits per heavy atom. The molecule has 1 fully saturated rings. The Morgan fingerprint density at radius 2 is 2.21 bits per heavy atom. The summed E-state index contributed by atoms with van der Waals surface area (Å²) < 4.78 is 24.0. The van der Waals surface area contributed by atoms with E-state index in [1.165, 1.54) is 10.6 Å². The summed E-state index contributed by atoms with van der Waals surface area (Å²) in [6.45, 7) is 2.17. The van der Waals surface area contributed by atoms with Gasteiger partial charge < -0.3 is 4.90 Å². The van der Waals surface area contributed by atoms with E-state index >= 15 is 0 Å². The molecule has 0 saturated carbocycles. The quantitative estimate of drug-likeness (QED) is 0.791. The molecule has 1 aliphatic heterocycles. The zero-order chi connectivity index (χ0) is 14.0. The van der Waals surface area contributed by atoms with E-state index in [0.29, 0.717) is 18.2 Å². The zero-order valence-corrected chi connectivity index (χ0v) is 11.8. The Morgan fingerprint density at radius 3 is 2.68 bits per heavy atom. The van der Waals surface area contributed by atoms with Crippen molar-refractivity contribution < 1.29 is 8.42 Å². The molecule has 1 aromatic heterocycles. The second-order valence-electron chi connectivity index (χ2n) is 4.83. The van der Waals surface area contributed by atoms with Crippen LogP contribution in [0.4, 0.5) is 5.69 Å². The van der Waals surface area contributed by atoms with E-state index in [9.17, 15) is 8.42 Å². The first kappa shape index (κ1) is 13.8. The highest BCUT2D eigenvalue weighted by Crippen LogP contribution is 2.24. The molecule has 0 amide bonds. The molecule has 0 unspecified atom stereocenters. The van der Waals surface area contributed by atoms with Gasteiger partial charge in [0.15, 0.2) is 0 Å². The predicted molar refractivity (Wildman–Crippen MR) is 72.1 cm³/mol. The largest absolute Gasteiger partial charge is 0.369 e. The number of aromatic nitrogens is 1. The van der Waals surface area contributed by atoms with Gasteiger partial charge in [-0.15, -0.1) is 0 Å². The molecular weight excluding hydrogens is 264 g/mol. The Hall–Kier alpha value is -1.65. The van der Waals surface area contributed by atoms with E-state index in [1.54, 1.807) is 19.3 Å². The summed E-state index contributed by atoms with van der Waals surface area (Å²) in [6.07, 6.45) is 2.89. The van der Waals surface area contributed by atoms with Crippen LogP contribution in [-0.2, 0) is 10.0 Å². The molecule has 1 saturated heterocycles. The van der Waals surface area contributed by atoms with Crippen LogP contribution < -0.4 is 4.90 Å². The van der Waals surface area contributed by atoms with Crippen molar-refractivity contribution >= 4 is 15.7 Å². The molecular formula is C12H16N4O2S. The molecule has 0 atom stereocenters. The van der Waals surface area contributed by atoms with Crippen molar-refractivity contribution in [2.75, 3.05) is 37.8 Å². The SMILES string of the molecule is CN(CC1CN(c2ccc(C#N)nc2)C1)S(C)(=O)=O. The molecule has 0 aliphatic carbocycles. The molecule has 19 heavy (non-hydrogen) atoms. The van der Waals surface area contributed by atoms with E-state index in [0.717, 1.165) is 18.8 Å². The first-order valence-electron chi connectivity index (χ1n) is 5.92. The number of nitriles is 1. The highest BCUT2D eigenvalue weighted by molar-refractivity contribution is 7.88. The van der Waals surface area contributed by atoms with Crippen LogP contribution in [-0.4, -0.2) is 50.6 Å². The Kier molecular flexibility index (Phi) is 3.73. The van der Waals surface area contributed by atoms with Crippen LogP contribution in [0.2, 0.25) is 0 Å². The van der Waals surface area contributed by atoms with Gasteiger partial charge in [-0.05, 0) is 12.1 Å². The van der Waals surface area contributed by atoms with Crippen LogP contribution in [0.5, 0.6) is 0 Å². The van der Waals surface area contributed by atoms with Crippen molar-refractivity contribution in [1.82, 2.24) is 9.29 Å². The second kappa shape index (κ2) is 5.15. The summed E-state index contributed by atoms with van der Waals surface area (Å²) >= 11 is 0. The van der Waals surface area contributed by atoms with Crippen LogP contribution in [0.1, 0.15) is 5.69 Å². The van der Waals surface area contributed by atoms with E-state index in [-0.39, 0.29) is 0 Å². The minimum absolute atomic E-state index is 0.343. The van der Waals surface area contributed by atoms with Crippen molar-refractivity contribution in [2.24, 2.45) is 5.92 Å². The molecule has 0 radical (unpaired) electrons. The van der Waals surface area contributed by atoms with Crippen LogP contribution in [0.25, 0.3) is 0 Å². The molecule has 2 heterocycles. The first-order valence-corrected chi connectivity index (χ1v) is 7.77. The van der Waals surface area contributed by atoms with Gasteiger partial charge in [0.05, 0.1) is 18.1 Å². The maximum Gasteiger partial charge on any atom is 0.210 e. The highest BCUT2D eigenvalue weighted by Gasteiger charge is 2.29. The molecule has 7 heteroatoms. The zero-order valence-electron chi connectivity index (χ0n) is 10.9. The van der Waals surface area contributed by atoms with Crippen LogP contribution >= 0.6 is 0 Å². The monoisotopic (exact) mass is 280 g/mol. The average Bonchev–Trinajstić information content (AvgIpc) is 2.32. The minimum Gasteiger partial charge on any atom is -0.369 e. The molecule has 1 aromatic rings. The summed E-state index contributed by atoms with van der Waals surface area (Å²) in [5.41, 5.74) is 1.37. The Balaban J connectivity index is 1.88. The lowest BCUT2D eigenvalue weighted by Gasteiger charge is -2.42. The number of rotatable bonds is 4. The van der Waals surface area contributed by atoms with Gasteiger partial charge in [-0.25, -0.2) is 17.7 Å². The fourth-order valence-electron chi connectivity index (χ4n) is 2.03. The third-order valence-electron chi connectivity index (χ3n) is 3.27. The van der Waals surface area contributed by atoms with Gasteiger partial charge in [0.1, 0.15) is 11.8 Å². The van der Waals surface area contributed by atoms with E-state index in [4.69, 9.17) is 5.26 Å². The smallest absolute Gasteiger partial charge is 0.210 e. The summed E-state index contributed by atoms with van der Waals surface area (Å²) in [6, 6.07) is 5.53. The molecule has 0 spiro atoms. The standard InChI is InChI=1S/C12H16N4O2S/c1-15(19(2,17)18)7-10-8-16(9-10)12-4-3-11(5-13)14-6-12/h3-4,6,10H,7-9H2,1-2H3. The van der Waals surface area contributed by atoms with Crippen molar-refractivity contribution in [2.45, 2.75) is 0 Å². The Labute approximate surface area is 113 Å². The lowest BCUT2D eigenvalue weighted by Crippen LogP contribution is -2.51. The fourth-order valence-corrected chi connectivity index (χ4v) is 2.52. The van der Waals surface area contributed by atoms with Gasteiger partial charge in [0, 0.05) is 32.6 Å². The lowest BCUT2D eigenvalue weighted by molar-refractivity contribution is 0.328. The summed E-state index contributed by atoms with van der Waals surface area (Å²) in [4.78, 5) is 6.14. The molecule has 0 aromatic carbocycles. The molecule has 1 aliphatic rings. The number of hydrogen-bond acceptors (Lipinski definition) is 5. The summed E-state index contributed by atoms with van der Waals surface area (Å²) in [5.74, 6) is 0.343. The van der Waals surface area contributed by atoms with Crippen LogP contribution in [0.15, 0.2) is 18.3 Å². The van der Waals surface area contributed by atoms with Gasteiger partial charge in [0.2, 0.25) is 10.0 Å². The van der Waals surface area contributed by atoms with Gasteiger partial charge in [-0.2, -0.15) is 5.26 Å². The van der Waals surface area contributed by atoms with E-state index in [2.05, 4.69) is 9.88 Å². The predicted octanol–water partition coefficient (Wildman–Crippen LogP) is 0.281. The molecule has 102 valence electrons. The topological polar surface area (TPSA) is 77.3 Å². The number of nitrogens with zero attached hydrogens (tertiary/aromatic N) is 4. The third kappa shape index (κ3) is 3.22. The molecule has 0 N–H and O–H groups in total. The fraction of sp³-hybridized carbons (Fsp3) is 0.500. The van der Waals surface area contributed by atoms with E-state index < -0.39 is 10.0 Å². The van der Waals surface area contributed by atoms with Crippen LogP contribution in [0.3, 0.4) is 0 Å². The highest BCUT2D eigenvalue weighted by atomic mass is 32.2. The molecule has 6 nitrogen and oxygen atoms in total. The number of pyridine rings is 1. The summed E-state index contributed by atoms with van der Waals surface area (Å²) in [7, 11) is -1.50. The maximum atomic E-state index is 11.3. The number of hydrogen-bond donors (Lipinski definition) is 0. The first-order chi connectivity index (χ1) is 8.90. The maximum absolute atomic E-state index is 11.3. The van der Waals surface area contributed by atoms with Crippen molar-refractivity contribution in [3.05, 3.63) is 24.0 Å². The average molecular weight is 280 g/mol. The summed E-state index contributed by atoms with van der Waals surface area (Å²) in [5, 5.41) is 8.67. The number of sulfonamides is 1. The lowest BCUT2D eigenvalue weighted by atomic mass is 9.99. The van der Waals surface area contributed by atoms with Gasteiger partial charge in [-0.1, -0.05) is 0 Å². The normalized spacial score (nSPS) is 16.2. The van der Waals surface area contributed by atoms with Crippen molar-refractivity contribution in [3.8, 4) is 6.07 Å². The van der Waals surface area contributed by atoms with Gasteiger partial charge in [0.25, 0.3) is 0 Å². The molecule has 2 rings (SSSR count). The van der Waals surface area contributed by atoms with Gasteiger partial charge >= 0.3 is 0 Å². The number of anilines is 1. The van der Waals surface area contributed by atoms with Crippen molar-refractivity contribution in [3.63, 3.8) is 0 Å². The third-order valence-corrected chi connectivity index (χ3v) is 4.55. The van der Waals surface area contributed by atoms with Crippen molar-refractivity contribution in [1.29, 1.82) is 5.26 Å². The molecule has 0 bridgehead atoms. The minimum atomic E-state index is -3.10.